The quantitative estimate of drug-likeness (QED) is 0.276. The van der Waals surface area contributed by atoms with Gasteiger partial charge in [-0.05, 0) is 35.0 Å². The minimum atomic E-state index is -1.79. The van der Waals surface area contributed by atoms with Crippen molar-refractivity contribution >= 4 is 28.6 Å². The Balaban J connectivity index is 0.00000241. The van der Waals surface area contributed by atoms with E-state index in [1.165, 1.54) is 34.8 Å². The summed E-state index contributed by atoms with van der Waals surface area (Å²) in [6.07, 6.45) is 1.46. The molecule has 0 aliphatic carbocycles. The summed E-state index contributed by atoms with van der Waals surface area (Å²) in [5, 5.41) is 15.3. The van der Waals surface area contributed by atoms with E-state index in [-0.39, 0.29) is 53.2 Å². The van der Waals surface area contributed by atoms with E-state index in [1.807, 2.05) is 35.0 Å². The van der Waals surface area contributed by atoms with Gasteiger partial charge in [0.25, 0.3) is 0 Å². The van der Waals surface area contributed by atoms with Crippen LogP contribution < -0.4 is 17.0 Å². The molecule has 0 amide bonds. The number of hydrogen-bond acceptors (Lipinski definition) is 6. The number of epoxide rings is 1. The van der Waals surface area contributed by atoms with Gasteiger partial charge in [-0.15, -0.1) is 22.7 Å². The number of halogens is 2. The first kappa shape index (κ1) is 24.1. The lowest BCUT2D eigenvalue weighted by molar-refractivity contribution is -0.968. The summed E-state index contributed by atoms with van der Waals surface area (Å²) in [6, 6.07) is 14.3. The van der Waals surface area contributed by atoms with Gasteiger partial charge in [0.2, 0.25) is 5.60 Å². The average Bonchev–Trinajstić information content (AvgIpc) is 3.15. The molecule has 1 N–H and O–H groups in total. The molecule has 3 aliphatic rings. The van der Waals surface area contributed by atoms with Gasteiger partial charge in [0.1, 0.15) is 42.8 Å². The number of carbonyl (C=O) groups excluding carboxylic acids is 1. The Morgan fingerprint density at radius 3 is 2.15 bits per heavy atom. The molecule has 3 aliphatic heterocycles. The fraction of sp³-hybridized carbons (Fsp3) is 0.400. The highest BCUT2D eigenvalue weighted by Crippen LogP contribution is 2.53. The Morgan fingerprint density at radius 1 is 1.09 bits per heavy atom. The standard InChI is InChI=1S/C25H25FNO4S2.BrH/c1-27(14-15-6-8-16(26)9-7-15)18-12-17(13-19(27)23-22(18)31-23)30-24(28)25(29,20-4-2-10-32-20)21-5-3-11-33-21;/h2-11,17-19,22-23,29H,12-14H2,1H3;1H/q+1;/p-1. The van der Waals surface area contributed by atoms with Crippen molar-refractivity contribution in [1.82, 2.24) is 0 Å². The van der Waals surface area contributed by atoms with Gasteiger partial charge in [-0.3, -0.25) is 0 Å². The van der Waals surface area contributed by atoms with Crippen LogP contribution >= 0.6 is 22.7 Å². The van der Waals surface area contributed by atoms with Crippen molar-refractivity contribution < 1.29 is 45.2 Å². The predicted molar refractivity (Wildman–Crippen MR) is 123 cm³/mol. The van der Waals surface area contributed by atoms with E-state index in [1.54, 1.807) is 12.1 Å². The highest BCUT2D eigenvalue weighted by atomic mass is 79.9. The Morgan fingerprint density at radius 2 is 1.65 bits per heavy atom. The number of aliphatic hydroxyl groups is 1. The molecule has 4 atom stereocenters. The Hall–Kier alpha value is -1.62. The second-order valence-corrected chi connectivity index (χ2v) is 11.4. The molecule has 6 rings (SSSR count). The van der Waals surface area contributed by atoms with Crippen molar-refractivity contribution in [3.63, 3.8) is 0 Å². The molecule has 0 spiro atoms. The summed E-state index contributed by atoms with van der Waals surface area (Å²) >= 11 is 2.69. The van der Waals surface area contributed by atoms with Crippen LogP contribution in [0.3, 0.4) is 0 Å². The SMILES string of the molecule is C[N+]1(Cc2ccc(F)cc2)C2CC(OC(=O)C(O)(c3cccs3)c3cccs3)CC1C1OC12.[Br-]. The molecule has 5 heterocycles. The Labute approximate surface area is 216 Å². The molecule has 3 fully saturated rings. The molecular formula is C25H25BrFNO4S2. The number of hydrogen-bond donors (Lipinski definition) is 1. The van der Waals surface area contributed by atoms with Crippen LogP contribution in [0.2, 0.25) is 0 Å². The topological polar surface area (TPSA) is 59.1 Å². The van der Waals surface area contributed by atoms with E-state index in [0.29, 0.717) is 22.6 Å². The number of piperidine rings is 1. The Kier molecular flexibility index (Phi) is 6.23. The molecule has 3 aromatic rings. The second kappa shape index (κ2) is 8.80. The van der Waals surface area contributed by atoms with Crippen molar-refractivity contribution in [2.24, 2.45) is 0 Å². The zero-order chi connectivity index (χ0) is 22.8. The van der Waals surface area contributed by atoms with Crippen molar-refractivity contribution in [3.8, 4) is 0 Å². The maximum atomic E-state index is 13.4. The third kappa shape index (κ3) is 3.77. The molecule has 1 aromatic carbocycles. The number of nitrogens with zero attached hydrogens (tertiary/aromatic N) is 1. The summed E-state index contributed by atoms with van der Waals surface area (Å²) in [5.41, 5.74) is -0.694. The van der Waals surface area contributed by atoms with Crippen LogP contribution in [0.1, 0.15) is 28.2 Å². The number of likely N-dealkylation sites (N-methyl/N-ethyl adjacent to an activating group) is 1. The summed E-state index contributed by atoms with van der Waals surface area (Å²) in [7, 11) is 2.24. The van der Waals surface area contributed by atoms with Gasteiger partial charge in [-0.25, -0.2) is 9.18 Å². The first-order valence-corrected chi connectivity index (χ1v) is 12.9. The van der Waals surface area contributed by atoms with Gasteiger partial charge in [-0.2, -0.15) is 0 Å². The lowest BCUT2D eigenvalue weighted by atomic mass is 9.93. The van der Waals surface area contributed by atoms with Gasteiger partial charge < -0.3 is 36.0 Å². The number of carbonyl (C=O) groups is 1. The molecule has 5 nitrogen and oxygen atoms in total. The summed E-state index contributed by atoms with van der Waals surface area (Å²) < 4.78 is 26.2. The second-order valence-electron chi connectivity index (χ2n) is 9.50. The van der Waals surface area contributed by atoms with Crippen molar-refractivity contribution in [3.05, 3.63) is 80.4 Å². The largest absolute Gasteiger partial charge is 1.00 e. The van der Waals surface area contributed by atoms with Crippen LogP contribution in [0.15, 0.2) is 59.3 Å². The van der Waals surface area contributed by atoms with Crippen LogP contribution in [0.5, 0.6) is 0 Å². The summed E-state index contributed by atoms with van der Waals surface area (Å²) in [5.74, 6) is -0.842. The molecule has 180 valence electrons. The average molecular weight is 567 g/mol. The molecule has 3 saturated heterocycles. The number of fused-ring (bicyclic) bond motifs is 5. The normalized spacial score (nSPS) is 31.4. The van der Waals surface area contributed by atoms with Gasteiger partial charge in [-0.1, -0.05) is 24.3 Å². The van der Waals surface area contributed by atoms with Gasteiger partial charge in [0, 0.05) is 18.4 Å². The minimum absolute atomic E-state index is 0. The van der Waals surface area contributed by atoms with E-state index in [2.05, 4.69) is 7.05 Å². The lowest BCUT2D eigenvalue weighted by Gasteiger charge is -2.48. The molecule has 9 heteroatoms. The first-order chi connectivity index (χ1) is 15.9. The fourth-order valence-corrected chi connectivity index (χ4v) is 7.61. The van der Waals surface area contributed by atoms with Gasteiger partial charge >= 0.3 is 5.97 Å². The Bertz CT molecular complexity index is 1100. The number of morpholine rings is 1. The predicted octanol–water partition coefficient (Wildman–Crippen LogP) is 1.06. The zero-order valence-corrected chi connectivity index (χ0v) is 21.7. The first-order valence-electron chi connectivity index (χ1n) is 11.2. The van der Waals surface area contributed by atoms with E-state index in [4.69, 9.17) is 9.47 Å². The zero-order valence-electron chi connectivity index (χ0n) is 18.5. The van der Waals surface area contributed by atoms with Crippen molar-refractivity contribution in [2.45, 2.75) is 55.4 Å². The maximum absolute atomic E-state index is 13.4. The monoisotopic (exact) mass is 565 g/mol. The minimum Gasteiger partial charge on any atom is -1.00 e. The third-order valence-corrected chi connectivity index (χ3v) is 9.56. The van der Waals surface area contributed by atoms with Crippen LogP contribution in [-0.2, 0) is 26.4 Å². The number of quaternary nitrogens is 1. The fourth-order valence-electron chi connectivity index (χ4n) is 5.90. The molecule has 2 bridgehead atoms. The number of ether oxygens (including phenoxy) is 2. The number of benzene rings is 1. The van der Waals surface area contributed by atoms with E-state index in [9.17, 15) is 14.3 Å². The van der Waals surface area contributed by atoms with Crippen molar-refractivity contribution in [1.29, 1.82) is 0 Å². The lowest BCUT2D eigenvalue weighted by Crippen LogP contribution is -3.00. The summed E-state index contributed by atoms with van der Waals surface area (Å²) in [4.78, 5) is 14.5. The van der Waals surface area contributed by atoms with Crippen LogP contribution in [-0.4, -0.2) is 53.0 Å². The van der Waals surface area contributed by atoms with Crippen LogP contribution in [0, 0.1) is 5.82 Å². The highest BCUT2D eigenvalue weighted by Gasteiger charge is 2.72. The number of thiophene rings is 2. The number of esters is 1. The maximum Gasteiger partial charge on any atom is 0.349 e. The smallest absolute Gasteiger partial charge is 0.349 e. The molecule has 0 radical (unpaired) electrons. The van der Waals surface area contributed by atoms with E-state index in [0.717, 1.165) is 16.6 Å². The number of rotatable bonds is 6. The molecular weight excluding hydrogens is 541 g/mol. The van der Waals surface area contributed by atoms with Gasteiger partial charge in [0.15, 0.2) is 0 Å². The van der Waals surface area contributed by atoms with Gasteiger partial charge in [0.05, 0.1) is 16.8 Å². The summed E-state index contributed by atoms with van der Waals surface area (Å²) in [6.45, 7) is 0.793. The van der Waals surface area contributed by atoms with E-state index >= 15 is 0 Å². The molecule has 2 aromatic heterocycles. The van der Waals surface area contributed by atoms with Crippen molar-refractivity contribution in [2.75, 3.05) is 7.05 Å². The van der Waals surface area contributed by atoms with Crippen LogP contribution in [0.25, 0.3) is 0 Å². The van der Waals surface area contributed by atoms with E-state index < -0.39 is 11.6 Å². The third-order valence-electron chi connectivity index (χ3n) is 7.61. The molecule has 34 heavy (non-hydrogen) atoms. The van der Waals surface area contributed by atoms with Crippen LogP contribution in [0.4, 0.5) is 4.39 Å². The molecule has 0 saturated carbocycles. The molecule has 4 unspecified atom stereocenters. The highest BCUT2D eigenvalue weighted by molar-refractivity contribution is 7.12.